The molecule has 1 N–H and O–H groups in total. The number of methoxy groups -OCH3 is 1. The molecule has 0 bridgehead atoms. The Bertz CT molecular complexity index is 1100. The normalized spacial score (nSPS) is 15.3. The van der Waals surface area contributed by atoms with Crippen LogP contribution in [0.3, 0.4) is 0 Å². The smallest absolute Gasteiger partial charge is 0.254 e. The van der Waals surface area contributed by atoms with E-state index in [4.69, 9.17) is 4.74 Å². The molecule has 0 aromatic heterocycles. The first kappa shape index (κ1) is 22.8. The minimum Gasteiger partial charge on any atom is -0.497 e. The summed E-state index contributed by atoms with van der Waals surface area (Å²) in [7, 11) is 1.65. The number of carbonyl (C=O) groups is 2. The van der Waals surface area contributed by atoms with Crippen molar-refractivity contribution in [2.24, 2.45) is 0 Å². The summed E-state index contributed by atoms with van der Waals surface area (Å²) in [4.78, 5) is 29.9. The Morgan fingerprint density at radius 1 is 0.939 bits per heavy atom. The number of hydrogen-bond donors (Lipinski definition) is 1. The fourth-order valence-corrected chi connectivity index (χ4v) is 4.33. The largest absolute Gasteiger partial charge is 0.497 e. The number of amides is 2. The molecule has 2 amide bonds. The number of nitrogens with one attached hydrogen (secondary N) is 1. The lowest BCUT2D eigenvalue weighted by Gasteiger charge is -2.37. The van der Waals surface area contributed by atoms with Crippen LogP contribution in [0, 0.1) is 0 Å². The van der Waals surface area contributed by atoms with Gasteiger partial charge in [-0.2, -0.15) is 0 Å². The van der Waals surface area contributed by atoms with Gasteiger partial charge < -0.3 is 15.0 Å². The number of benzene rings is 3. The van der Waals surface area contributed by atoms with Crippen molar-refractivity contribution in [2.75, 3.05) is 39.8 Å². The van der Waals surface area contributed by atoms with Crippen LogP contribution < -0.4 is 10.1 Å². The number of fused-ring (bicyclic) bond motifs is 1. The molecule has 1 saturated heterocycles. The molecule has 0 spiro atoms. The van der Waals surface area contributed by atoms with E-state index in [1.807, 2.05) is 78.6 Å². The van der Waals surface area contributed by atoms with Crippen molar-refractivity contribution in [2.45, 2.75) is 19.4 Å². The average molecular weight is 446 g/mol. The Labute approximate surface area is 195 Å². The predicted octanol–water partition coefficient (Wildman–Crippen LogP) is 3.35. The van der Waals surface area contributed by atoms with Crippen molar-refractivity contribution < 1.29 is 14.3 Å². The summed E-state index contributed by atoms with van der Waals surface area (Å²) in [6, 6.07) is 21.5. The van der Waals surface area contributed by atoms with Gasteiger partial charge >= 0.3 is 0 Å². The Balaban J connectivity index is 1.27. The first-order valence-corrected chi connectivity index (χ1v) is 11.5. The van der Waals surface area contributed by atoms with Gasteiger partial charge in [0.1, 0.15) is 5.75 Å². The lowest BCUT2D eigenvalue weighted by molar-refractivity contribution is -0.126. The maximum Gasteiger partial charge on any atom is 0.254 e. The molecule has 1 unspecified atom stereocenters. The Kier molecular flexibility index (Phi) is 7.25. The van der Waals surface area contributed by atoms with Gasteiger partial charge in [-0.3, -0.25) is 14.5 Å². The van der Waals surface area contributed by atoms with Gasteiger partial charge in [-0.15, -0.1) is 0 Å². The molecule has 1 heterocycles. The summed E-state index contributed by atoms with van der Waals surface area (Å²) < 4.78 is 5.18. The summed E-state index contributed by atoms with van der Waals surface area (Å²) in [5.41, 5.74) is 1.90. The molecule has 6 nitrogen and oxygen atoms in total. The van der Waals surface area contributed by atoms with E-state index in [2.05, 4.69) is 10.2 Å². The van der Waals surface area contributed by atoms with Crippen LogP contribution in [-0.4, -0.2) is 67.5 Å². The van der Waals surface area contributed by atoms with Crippen LogP contribution in [0.25, 0.3) is 10.8 Å². The highest BCUT2D eigenvalue weighted by Gasteiger charge is 2.28. The molecular formula is C27H31N3O3. The molecule has 1 aliphatic heterocycles. The molecule has 3 aromatic carbocycles. The molecule has 1 fully saturated rings. The third-order valence-electron chi connectivity index (χ3n) is 6.42. The summed E-state index contributed by atoms with van der Waals surface area (Å²) in [6.45, 7) is 5.13. The molecule has 6 heteroatoms. The summed E-state index contributed by atoms with van der Waals surface area (Å²) in [5.74, 6) is 0.912. The summed E-state index contributed by atoms with van der Waals surface area (Å²) in [5, 5.41) is 5.10. The molecule has 0 radical (unpaired) electrons. The van der Waals surface area contributed by atoms with Crippen LogP contribution in [0.5, 0.6) is 5.75 Å². The molecule has 1 atom stereocenters. The van der Waals surface area contributed by atoms with Crippen LogP contribution in [0.4, 0.5) is 0 Å². The van der Waals surface area contributed by atoms with Crippen molar-refractivity contribution in [3.63, 3.8) is 0 Å². The first-order valence-electron chi connectivity index (χ1n) is 11.5. The van der Waals surface area contributed by atoms with Gasteiger partial charge in [-0.25, -0.2) is 0 Å². The van der Waals surface area contributed by atoms with Gasteiger partial charge in [-0.1, -0.05) is 48.5 Å². The first-order chi connectivity index (χ1) is 16.1. The predicted molar refractivity (Wildman–Crippen MR) is 131 cm³/mol. The highest BCUT2D eigenvalue weighted by molar-refractivity contribution is 6.07. The fourth-order valence-electron chi connectivity index (χ4n) is 4.33. The van der Waals surface area contributed by atoms with Gasteiger partial charge in [-0.05, 0) is 47.9 Å². The van der Waals surface area contributed by atoms with Crippen LogP contribution in [0.2, 0.25) is 0 Å². The molecule has 1 aliphatic rings. The second kappa shape index (κ2) is 10.5. The maximum absolute atomic E-state index is 13.2. The molecule has 33 heavy (non-hydrogen) atoms. The van der Waals surface area contributed by atoms with Crippen LogP contribution in [0.1, 0.15) is 22.8 Å². The SMILES string of the molecule is COc1ccc(CCNC(=O)C(C)N2CCN(C(=O)c3cccc4ccccc34)CC2)cc1. The maximum atomic E-state index is 13.2. The second-order valence-corrected chi connectivity index (χ2v) is 8.42. The van der Waals surface area contributed by atoms with Gasteiger partial charge in [0.25, 0.3) is 5.91 Å². The van der Waals surface area contributed by atoms with E-state index in [0.29, 0.717) is 32.7 Å². The molecule has 0 saturated carbocycles. The number of hydrogen-bond acceptors (Lipinski definition) is 4. The van der Waals surface area contributed by atoms with Crippen LogP contribution >= 0.6 is 0 Å². The van der Waals surface area contributed by atoms with E-state index < -0.39 is 0 Å². The Morgan fingerprint density at radius 2 is 1.64 bits per heavy atom. The van der Waals surface area contributed by atoms with Crippen molar-refractivity contribution in [3.8, 4) is 5.75 Å². The van der Waals surface area contributed by atoms with E-state index >= 15 is 0 Å². The summed E-state index contributed by atoms with van der Waals surface area (Å²) in [6.07, 6.45) is 0.774. The number of piperazine rings is 1. The monoisotopic (exact) mass is 445 g/mol. The third-order valence-corrected chi connectivity index (χ3v) is 6.42. The quantitative estimate of drug-likeness (QED) is 0.606. The standard InChI is InChI=1S/C27H31N3O3/c1-20(26(31)28-15-14-21-10-12-23(33-2)13-11-21)29-16-18-30(19-17-29)27(32)25-9-5-7-22-6-3-4-8-24(22)25/h3-13,20H,14-19H2,1-2H3,(H,28,31). The van der Waals surface area contributed by atoms with Crippen LogP contribution in [0.15, 0.2) is 66.7 Å². The molecular weight excluding hydrogens is 414 g/mol. The van der Waals surface area contributed by atoms with Gasteiger partial charge in [0, 0.05) is 38.3 Å². The Morgan fingerprint density at radius 3 is 2.36 bits per heavy atom. The zero-order chi connectivity index (χ0) is 23.2. The zero-order valence-electron chi connectivity index (χ0n) is 19.3. The van der Waals surface area contributed by atoms with E-state index in [-0.39, 0.29) is 17.9 Å². The fraction of sp³-hybridized carbons (Fsp3) is 0.333. The van der Waals surface area contributed by atoms with E-state index in [1.165, 1.54) is 0 Å². The van der Waals surface area contributed by atoms with E-state index in [1.54, 1.807) is 7.11 Å². The topological polar surface area (TPSA) is 61.9 Å². The minimum absolute atomic E-state index is 0.0253. The van der Waals surface area contributed by atoms with E-state index in [9.17, 15) is 9.59 Å². The number of rotatable bonds is 7. The van der Waals surface area contributed by atoms with Crippen molar-refractivity contribution in [1.82, 2.24) is 15.1 Å². The Hall–Kier alpha value is -3.38. The number of ether oxygens (including phenoxy) is 1. The molecule has 4 rings (SSSR count). The molecule has 172 valence electrons. The lowest BCUT2D eigenvalue weighted by atomic mass is 10.0. The van der Waals surface area contributed by atoms with Crippen molar-refractivity contribution in [3.05, 3.63) is 77.9 Å². The molecule has 0 aliphatic carbocycles. The van der Waals surface area contributed by atoms with Crippen LogP contribution in [-0.2, 0) is 11.2 Å². The number of carbonyl (C=O) groups excluding carboxylic acids is 2. The van der Waals surface area contributed by atoms with Crippen molar-refractivity contribution >= 4 is 22.6 Å². The van der Waals surface area contributed by atoms with Gasteiger partial charge in [0.15, 0.2) is 0 Å². The lowest BCUT2D eigenvalue weighted by Crippen LogP contribution is -2.55. The van der Waals surface area contributed by atoms with Gasteiger partial charge in [0.05, 0.1) is 13.2 Å². The van der Waals surface area contributed by atoms with E-state index in [0.717, 1.165) is 34.1 Å². The average Bonchev–Trinajstić information content (AvgIpc) is 2.88. The van der Waals surface area contributed by atoms with Gasteiger partial charge in [0.2, 0.25) is 5.91 Å². The molecule has 3 aromatic rings. The second-order valence-electron chi connectivity index (χ2n) is 8.42. The number of nitrogens with zero attached hydrogens (tertiary/aromatic N) is 2. The summed E-state index contributed by atoms with van der Waals surface area (Å²) >= 11 is 0. The highest BCUT2D eigenvalue weighted by atomic mass is 16.5. The highest BCUT2D eigenvalue weighted by Crippen LogP contribution is 2.21. The third kappa shape index (κ3) is 5.34. The van der Waals surface area contributed by atoms with Crippen molar-refractivity contribution in [1.29, 1.82) is 0 Å². The zero-order valence-corrected chi connectivity index (χ0v) is 19.3. The minimum atomic E-state index is -0.226.